The predicted molar refractivity (Wildman–Crippen MR) is 84.9 cm³/mol. The van der Waals surface area contributed by atoms with Crippen LogP contribution in [0.15, 0.2) is 12.3 Å². The Morgan fingerprint density at radius 3 is 2.59 bits per heavy atom. The molecule has 2 aliphatic rings. The smallest absolute Gasteiger partial charge is 0.365 e. The highest BCUT2D eigenvalue weighted by atomic mass is 19.4. The molecule has 2 saturated carbocycles. The summed E-state index contributed by atoms with van der Waals surface area (Å²) in [5, 5.41) is 7.00. The Labute approximate surface area is 150 Å². The number of ether oxygens (including phenoxy) is 1. The molecule has 11 heteroatoms. The van der Waals surface area contributed by atoms with E-state index in [-0.39, 0.29) is 35.7 Å². The molecule has 0 aliphatic heterocycles. The van der Waals surface area contributed by atoms with Gasteiger partial charge in [0, 0.05) is 18.2 Å². The summed E-state index contributed by atoms with van der Waals surface area (Å²) >= 11 is 0. The average Bonchev–Trinajstić information content (AvgIpc) is 3.30. The number of nitrogens with one attached hydrogen (secondary N) is 1. The van der Waals surface area contributed by atoms with E-state index in [9.17, 15) is 22.8 Å². The molecular weight excluding hydrogens is 367 g/mol. The van der Waals surface area contributed by atoms with Crippen molar-refractivity contribution < 1.29 is 27.5 Å². The highest BCUT2D eigenvalue weighted by Gasteiger charge is 2.41. The van der Waals surface area contributed by atoms with Crippen LogP contribution in [0, 0.1) is 0 Å². The van der Waals surface area contributed by atoms with Gasteiger partial charge in [-0.25, -0.2) is 9.50 Å². The first-order valence-electron chi connectivity index (χ1n) is 8.46. The van der Waals surface area contributed by atoms with Gasteiger partial charge >= 0.3 is 6.36 Å². The van der Waals surface area contributed by atoms with Gasteiger partial charge in [0.05, 0.1) is 11.8 Å². The first-order chi connectivity index (χ1) is 12.7. The summed E-state index contributed by atoms with van der Waals surface area (Å²) in [6.07, 6.45) is -2.37. The Kier molecular flexibility index (Phi) is 4.06. The number of nitrogens with zero attached hydrogens (tertiary/aromatic N) is 3. The fraction of sp³-hybridized carbons (Fsp3) is 0.500. The van der Waals surface area contributed by atoms with Crippen LogP contribution in [0.25, 0.3) is 5.65 Å². The van der Waals surface area contributed by atoms with Crippen molar-refractivity contribution >= 4 is 17.5 Å². The van der Waals surface area contributed by atoms with Gasteiger partial charge in [0.1, 0.15) is 11.3 Å². The molecule has 3 N–H and O–H groups in total. The number of fused-ring (bicyclic) bond motifs is 1. The van der Waals surface area contributed by atoms with Crippen LogP contribution in [0.2, 0.25) is 0 Å². The Morgan fingerprint density at radius 2 is 2.00 bits per heavy atom. The van der Waals surface area contributed by atoms with Crippen LogP contribution in [0.5, 0.6) is 0 Å². The van der Waals surface area contributed by atoms with E-state index in [0.717, 1.165) is 12.8 Å². The Balaban J connectivity index is 1.53. The zero-order valence-electron chi connectivity index (χ0n) is 14.0. The first-order valence-corrected chi connectivity index (χ1v) is 8.46. The predicted octanol–water partition coefficient (Wildman–Crippen LogP) is 1.50. The van der Waals surface area contributed by atoms with Crippen molar-refractivity contribution in [2.75, 3.05) is 0 Å². The normalized spacial score (nSPS) is 22.5. The SMILES string of the molecule is NC(=O)c1c(C2CC2)nn2c(C(=O)NC3CC(OC(F)(F)F)C3)ccnc12. The minimum Gasteiger partial charge on any atom is -0.365 e. The number of halogens is 3. The third-order valence-electron chi connectivity index (χ3n) is 4.72. The van der Waals surface area contributed by atoms with E-state index < -0.39 is 30.3 Å². The van der Waals surface area contributed by atoms with Gasteiger partial charge in [-0.05, 0) is 31.7 Å². The van der Waals surface area contributed by atoms with Gasteiger partial charge in [-0.3, -0.25) is 14.3 Å². The minimum atomic E-state index is -4.68. The maximum absolute atomic E-state index is 12.6. The molecule has 2 fully saturated rings. The quantitative estimate of drug-likeness (QED) is 0.813. The van der Waals surface area contributed by atoms with Crippen LogP contribution >= 0.6 is 0 Å². The standard InChI is InChI=1S/C16H16F3N5O3/c17-16(18,19)27-9-5-8(6-9)22-15(26)10-3-4-21-14-11(13(20)25)12(7-1-2-7)23-24(10)14/h3-4,7-9H,1-2,5-6H2,(H2,20,25)(H,22,26). The molecule has 0 saturated heterocycles. The Morgan fingerprint density at radius 1 is 1.30 bits per heavy atom. The molecule has 0 unspecified atom stereocenters. The highest BCUT2D eigenvalue weighted by Crippen LogP contribution is 2.41. The van der Waals surface area contributed by atoms with E-state index in [1.165, 1.54) is 16.8 Å². The molecule has 0 aromatic carbocycles. The second-order valence-corrected chi connectivity index (χ2v) is 6.79. The molecule has 0 radical (unpaired) electrons. The van der Waals surface area contributed by atoms with Crippen LogP contribution in [0.4, 0.5) is 13.2 Å². The Hall–Kier alpha value is -2.69. The second kappa shape index (κ2) is 6.19. The van der Waals surface area contributed by atoms with Gasteiger partial charge in [0.25, 0.3) is 11.8 Å². The average molecular weight is 383 g/mol. The van der Waals surface area contributed by atoms with Crippen molar-refractivity contribution in [3.63, 3.8) is 0 Å². The van der Waals surface area contributed by atoms with Gasteiger partial charge in [-0.1, -0.05) is 0 Å². The second-order valence-electron chi connectivity index (χ2n) is 6.79. The van der Waals surface area contributed by atoms with E-state index in [1.807, 2.05) is 0 Å². The third-order valence-corrected chi connectivity index (χ3v) is 4.72. The number of hydrogen-bond acceptors (Lipinski definition) is 5. The van der Waals surface area contributed by atoms with Crippen LogP contribution in [-0.4, -0.2) is 44.9 Å². The van der Waals surface area contributed by atoms with Crippen molar-refractivity contribution in [1.29, 1.82) is 0 Å². The molecule has 0 atom stereocenters. The van der Waals surface area contributed by atoms with Crippen molar-refractivity contribution in [1.82, 2.24) is 19.9 Å². The highest BCUT2D eigenvalue weighted by molar-refractivity contribution is 6.01. The maximum atomic E-state index is 12.6. The Bertz CT molecular complexity index is 916. The summed E-state index contributed by atoms with van der Waals surface area (Å²) in [7, 11) is 0. The molecule has 0 bridgehead atoms. The van der Waals surface area contributed by atoms with Crippen LogP contribution in [0.1, 0.15) is 58.1 Å². The molecule has 8 nitrogen and oxygen atoms in total. The number of hydrogen-bond donors (Lipinski definition) is 2. The largest absolute Gasteiger partial charge is 0.522 e. The fourth-order valence-electron chi connectivity index (χ4n) is 3.24. The maximum Gasteiger partial charge on any atom is 0.522 e. The topological polar surface area (TPSA) is 112 Å². The number of amides is 2. The lowest BCUT2D eigenvalue weighted by molar-refractivity contribution is -0.351. The van der Waals surface area contributed by atoms with Crippen molar-refractivity contribution in [2.24, 2.45) is 5.73 Å². The van der Waals surface area contributed by atoms with Crippen molar-refractivity contribution in [3.05, 3.63) is 29.2 Å². The third kappa shape index (κ3) is 3.46. The van der Waals surface area contributed by atoms with Gasteiger partial charge in [0.2, 0.25) is 0 Å². The van der Waals surface area contributed by atoms with E-state index in [0.29, 0.717) is 5.69 Å². The van der Waals surface area contributed by atoms with Crippen LogP contribution in [0.3, 0.4) is 0 Å². The number of rotatable bonds is 5. The molecule has 2 aromatic rings. The zero-order chi connectivity index (χ0) is 19.3. The zero-order valence-corrected chi connectivity index (χ0v) is 14.0. The molecule has 27 heavy (non-hydrogen) atoms. The molecule has 2 aliphatic carbocycles. The summed E-state index contributed by atoms with van der Waals surface area (Å²) in [6.45, 7) is 0. The van der Waals surface area contributed by atoms with Crippen LogP contribution in [-0.2, 0) is 4.74 Å². The first kappa shape index (κ1) is 17.7. The van der Waals surface area contributed by atoms with E-state index in [4.69, 9.17) is 5.73 Å². The number of carbonyl (C=O) groups excluding carboxylic acids is 2. The molecule has 2 amide bonds. The minimum absolute atomic E-state index is 0.0679. The summed E-state index contributed by atoms with van der Waals surface area (Å²) in [5.74, 6) is -1.06. The number of aromatic nitrogens is 3. The molecule has 4 rings (SSSR count). The molecule has 144 valence electrons. The van der Waals surface area contributed by atoms with E-state index in [1.54, 1.807) is 0 Å². The van der Waals surface area contributed by atoms with Crippen molar-refractivity contribution in [3.8, 4) is 0 Å². The van der Waals surface area contributed by atoms with Gasteiger partial charge in [0.15, 0.2) is 5.65 Å². The molecule has 2 aromatic heterocycles. The lowest BCUT2D eigenvalue weighted by Gasteiger charge is -2.35. The summed E-state index contributed by atoms with van der Waals surface area (Å²) < 4.78 is 41.7. The number of carbonyl (C=O) groups is 2. The van der Waals surface area contributed by atoms with Crippen LogP contribution < -0.4 is 11.1 Å². The number of alkyl halides is 3. The monoisotopic (exact) mass is 383 g/mol. The molecule has 0 spiro atoms. The van der Waals surface area contributed by atoms with Gasteiger partial charge in [-0.2, -0.15) is 5.10 Å². The number of nitrogens with two attached hydrogens (primary N) is 1. The fourth-order valence-corrected chi connectivity index (χ4v) is 3.24. The lowest BCUT2D eigenvalue weighted by Crippen LogP contribution is -2.49. The van der Waals surface area contributed by atoms with Gasteiger partial charge in [-0.15, -0.1) is 13.2 Å². The van der Waals surface area contributed by atoms with Gasteiger partial charge < -0.3 is 11.1 Å². The van der Waals surface area contributed by atoms with E-state index >= 15 is 0 Å². The molecular formula is C16H16F3N5O3. The summed E-state index contributed by atoms with van der Waals surface area (Å²) in [5.41, 5.74) is 6.52. The summed E-state index contributed by atoms with van der Waals surface area (Å²) in [4.78, 5) is 28.5. The van der Waals surface area contributed by atoms with E-state index in [2.05, 4.69) is 20.1 Å². The summed E-state index contributed by atoms with van der Waals surface area (Å²) in [6, 6.07) is 1.00. The van der Waals surface area contributed by atoms with Crippen molar-refractivity contribution in [2.45, 2.75) is 50.1 Å². The lowest BCUT2D eigenvalue weighted by atomic mass is 9.89. The molecule has 2 heterocycles. The number of primary amides is 1.